The number of hydrogen-bond acceptors (Lipinski definition) is 3. The molecule has 2 heterocycles. The molecule has 4 nitrogen and oxygen atoms in total. The lowest BCUT2D eigenvalue weighted by atomic mass is 10.0. The van der Waals surface area contributed by atoms with Gasteiger partial charge in [-0.15, -0.1) is 0 Å². The highest BCUT2D eigenvalue weighted by Crippen LogP contribution is 2.24. The number of amides is 1. The van der Waals surface area contributed by atoms with E-state index in [2.05, 4.69) is 10.3 Å². The molecule has 1 atom stereocenters. The van der Waals surface area contributed by atoms with Crippen molar-refractivity contribution in [3.63, 3.8) is 0 Å². The zero-order valence-electron chi connectivity index (χ0n) is 9.14. The van der Waals surface area contributed by atoms with E-state index < -0.39 is 0 Å². The van der Waals surface area contributed by atoms with Crippen LogP contribution < -0.4 is 5.32 Å². The Kier molecular flexibility index (Phi) is 3.19. The number of nitrogens with zero attached hydrogens (tertiary/aromatic N) is 1. The van der Waals surface area contributed by atoms with Gasteiger partial charge in [0.2, 0.25) is 5.91 Å². The van der Waals surface area contributed by atoms with Gasteiger partial charge in [-0.05, 0) is 18.6 Å². The molecule has 0 fully saturated rings. The lowest BCUT2D eigenvalue weighted by Gasteiger charge is -2.23. The van der Waals surface area contributed by atoms with E-state index in [4.69, 9.17) is 4.74 Å². The van der Waals surface area contributed by atoms with E-state index in [1.54, 1.807) is 12.4 Å². The van der Waals surface area contributed by atoms with E-state index in [0.29, 0.717) is 13.0 Å². The molecule has 0 aliphatic carbocycles. The maximum Gasteiger partial charge on any atom is 0.247 e. The molecule has 0 aromatic carbocycles. The number of hydrogen-bond donors (Lipinski definition) is 1. The maximum atomic E-state index is 11.4. The molecule has 0 spiro atoms. The fourth-order valence-corrected chi connectivity index (χ4v) is 1.74. The van der Waals surface area contributed by atoms with E-state index in [9.17, 15) is 4.79 Å². The molecule has 1 unspecified atom stereocenters. The molecule has 1 aliphatic heterocycles. The summed E-state index contributed by atoms with van der Waals surface area (Å²) in [6.45, 7) is 2.49. The molecule has 2 rings (SSSR count). The number of ether oxygens (including phenoxy) is 1. The van der Waals surface area contributed by atoms with Crippen molar-refractivity contribution in [3.8, 4) is 0 Å². The van der Waals surface area contributed by atoms with Gasteiger partial charge >= 0.3 is 0 Å². The Morgan fingerprint density at radius 2 is 2.50 bits per heavy atom. The molecular formula is C12H14N2O2. The fraction of sp³-hybridized carbons (Fsp3) is 0.333. The molecule has 1 amide bonds. The Labute approximate surface area is 94.3 Å². The van der Waals surface area contributed by atoms with Gasteiger partial charge in [0.25, 0.3) is 0 Å². The average Bonchev–Trinajstić information content (AvgIpc) is 2.30. The highest BCUT2D eigenvalue weighted by atomic mass is 16.5. The topological polar surface area (TPSA) is 51.2 Å². The van der Waals surface area contributed by atoms with Crippen molar-refractivity contribution in [2.24, 2.45) is 0 Å². The second kappa shape index (κ2) is 4.79. The van der Waals surface area contributed by atoms with E-state index in [-0.39, 0.29) is 11.9 Å². The van der Waals surface area contributed by atoms with Crippen molar-refractivity contribution in [2.45, 2.75) is 19.4 Å². The third-order valence-corrected chi connectivity index (χ3v) is 2.43. The molecule has 1 aromatic rings. The van der Waals surface area contributed by atoms with E-state index >= 15 is 0 Å². The first kappa shape index (κ1) is 10.7. The van der Waals surface area contributed by atoms with Crippen molar-refractivity contribution < 1.29 is 9.53 Å². The predicted molar refractivity (Wildman–Crippen MR) is 59.4 cm³/mol. The van der Waals surface area contributed by atoms with Crippen LogP contribution in [-0.2, 0) is 9.53 Å². The summed E-state index contributed by atoms with van der Waals surface area (Å²) in [6, 6.07) is 3.78. The second-order valence-corrected chi connectivity index (χ2v) is 3.60. The molecule has 0 saturated heterocycles. The summed E-state index contributed by atoms with van der Waals surface area (Å²) in [5, 5.41) is 2.89. The first-order chi connectivity index (χ1) is 7.79. The van der Waals surface area contributed by atoms with Gasteiger partial charge in [-0.3, -0.25) is 9.78 Å². The summed E-state index contributed by atoms with van der Waals surface area (Å²) in [7, 11) is 0. The van der Waals surface area contributed by atoms with Gasteiger partial charge in [0.1, 0.15) is 5.76 Å². The zero-order chi connectivity index (χ0) is 11.4. The van der Waals surface area contributed by atoms with Crippen molar-refractivity contribution in [3.05, 3.63) is 41.9 Å². The highest BCUT2D eigenvalue weighted by molar-refractivity contribution is 5.89. The van der Waals surface area contributed by atoms with Crippen LogP contribution in [0, 0.1) is 0 Å². The van der Waals surface area contributed by atoms with Gasteiger partial charge in [0.15, 0.2) is 0 Å². The summed E-state index contributed by atoms with van der Waals surface area (Å²) in [4.78, 5) is 15.5. The second-order valence-electron chi connectivity index (χ2n) is 3.60. The van der Waals surface area contributed by atoms with Crippen LogP contribution in [0.4, 0.5) is 0 Å². The average molecular weight is 218 g/mol. The number of rotatable bonds is 3. The molecule has 1 aliphatic rings. The highest BCUT2D eigenvalue weighted by Gasteiger charge is 2.21. The first-order valence-electron chi connectivity index (χ1n) is 5.33. The Morgan fingerprint density at radius 3 is 3.19 bits per heavy atom. The molecule has 0 saturated carbocycles. The van der Waals surface area contributed by atoms with Crippen molar-refractivity contribution in [2.75, 3.05) is 6.61 Å². The van der Waals surface area contributed by atoms with Crippen molar-refractivity contribution >= 4 is 5.91 Å². The van der Waals surface area contributed by atoms with Crippen molar-refractivity contribution in [1.82, 2.24) is 10.3 Å². The number of aromatic nitrogens is 1. The van der Waals surface area contributed by atoms with Gasteiger partial charge in [0.05, 0.1) is 12.6 Å². The molecule has 1 aromatic heterocycles. The van der Waals surface area contributed by atoms with E-state index in [1.165, 1.54) is 6.08 Å². The van der Waals surface area contributed by atoms with Crippen LogP contribution in [0.2, 0.25) is 0 Å². The molecule has 84 valence electrons. The maximum absolute atomic E-state index is 11.4. The van der Waals surface area contributed by atoms with Crippen LogP contribution in [0.15, 0.2) is 36.4 Å². The standard InChI is InChI=1S/C12H14N2O2/c1-2-16-10-6-11(14-12(15)7-10)9-4-3-5-13-8-9/h3-5,7-8,11H,2,6H2,1H3,(H,14,15). The summed E-state index contributed by atoms with van der Waals surface area (Å²) < 4.78 is 5.38. The van der Waals surface area contributed by atoms with Gasteiger partial charge in [0, 0.05) is 24.9 Å². The Hall–Kier alpha value is -1.84. The van der Waals surface area contributed by atoms with E-state index in [0.717, 1.165) is 11.3 Å². The van der Waals surface area contributed by atoms with Crippen LogP contribution in [0.3, 0.4) is 0 Å². The lowest BCUT2D eigenvalue weighted by Crippen LogP contribution is -2.31. The number of carbonyl (C=O) groups is 1. The van der Waals surface area contributed by atoms with Crippen LogP contribution in [0.25, 0.3) is 0 Å². The predicted octanol–water partition coefficient (Wildman–Crippen LogP) is 1.56. The molecule has 0 radical (unpaired) electrons. The zero-order valence-corrected chi connectivity index (χ0v) is 9.14. The van der Waals surface area contributed by atoms with Crippen LogP contribution in [0.5, 0.6) is 0 Å². The Bertz CT molecular complexity index is 401. The van der Waals surface area contributed by atoms with Crippen LogP contribution in [0.1, 0.15) is 24.9 Å². The van der Waals surface area contributed by atoms with Gasteiger partial charge in [-0.2, -0.15) is 0 Å². The van der Waals surface area contributed by atoms with Crippen LogP contribution >= 0.6 is 0 Å². The van der Waals surface area contributed by atoms with Gasteiger partial charge < -0.3 is 10.1 Å². The summed E-state index contributed by atoms with van der Waals surface area (Å²) >= 11 is 0. The molecule has 4 heteroatoms. The number of pyridine rings is 1. The molecule has 16 heavy (non-hydrogen) atoms. The van der Waals surface area contributed by atoms with E-state index in [1.807, 2.05) is 19.1 Å². The monoisotopic (exact) mass is 218 g/mol. The molecule has 1 N–H and O–H groups in total. The van der Waals surface area contributed by atoms with Crippen LogP contribution in [-0.4, -0.2) is 17.5 Å². The first-order valence-corrected chi connectivity index (χ1v) is 5.33. The largest absolute Gasteiger partial charge is 0.498 e. The third-order valence-electron chi connectivity index (χ3n) is 2.43. The van der Waals surface area contributed by atoms with Crippen molar-refractivity contribution in [1.29, 1.82) is 0 Å². The molecular weight excluding hydrogens is 204 g/mol. The lowest BCUT2D eigenvalue weighted by molar-refractivity contribution is -0.118. The Balaban J connectivity index is 2.15. The summed E-state index contributed by atoms with van der Waals surface area (Å²) in [5.74, 6) is 0.628. The van der Waals surface area contributed by atoms with Gasteiger partial charge in [-0.25, -0.2) is 0 Å². The SMILES string of the molecule is CCOC1=CC(=O)NC(c2cccnc2)C1. The number of carbonyl (C=O) groups excluding carboxylic acids is 1. The smallest absolute Gasteiger partial charge is 0.247 e. The fourth-order valence-electron chi connectivity index (χ4n) is 1.74. The normalized spacial score (nSPS) is 19.9. The molecule has 0 bridgehead atoms. The summed E-state index contributed by atoms with van der Waals surface area (Å²) in [6.07, 6.45) is 5.68. The van der Waals surface area contributed by atoms with Gasteiger partial charge in [-0.1, -0.05) is 6.07 Å². The minimum Gasteiger partial charge on any atom is -0.498 e. The summed E-state index contributed by atoms with van der Waals surface area (Å²) in [5.41, 5.74) is 1.00. The Morgan fingerprint density at radius 1 is 1.62 bits per heavy atom. The minimum absolute atomic E-state index is 0.0345. The minimum atomic E-state index is -0.108. The number of nitrogens with one attached hydrogen (secondary N) is 1. The quantitative estimate of drug-likeness (QED) is 0.837. The third kappa shape index (κ3) is 2.39.